The summed E-state index contributed by atoms with van der Waals surface area (Å²) < 4.78 is 5.94. The first-order chi connectivity index (χ1) is 10.6. The number of amides is 3. The average Bonchev–Trinajstić information content (AvgIpc) is 3.00. The fraction of sp³-hybridized carbons (Fsp3) is 0.500. The number of ether oxygens (including phenoxy) is 1. The molecule has 1 saturated carbocycles. The number of imide groups is 1. The van der Waals surface area contributed by atoms with Crippen molar-refractivity contribution >= 4 is 17.6 Å². The van der Waals surface area contributed by atoms with Gasteiger partial charge in [-0.1, -0.05) is 6.07 Å². The minimum atomic E-state index is -0.529. The van der Waals surface area contributed by atoms with E-state index in [2.05, 4.69) is 16.0 Å². The van der Waals surface area contributed by atoms with Crippen molar-refractivity contribution in [1.29, 1.82) is 0 Å². The van der Waals surface area contributed by atoms with Crippen LogP contribution in [0, 0.1) is 0 Å². The summed E-state index contributed by atoms with van der Waals surface area (Å²) in [7, 11) is 1.46. The van der Waals surface area contributed by atoms with E-state index in [4.69, 9.17) is 4.74 Å². The zero-order valence-electron chi connectivity index (χ0n) is 13.0. The van der Waals surface area contributed by atoms with Gasteiger partial charge in [0.05, 0.1) is 6.10 Å². The van der Waals surface area contributed by atoms with E-state index < -0.39 is 12.1 Å². The minimum Gasteiger partial charge on any atom is -0.490 e. The molecular weight excluding hydrogens is 282 g/mol. The van der Waals surface area contributed by atoms with E-state index in [1.807, 2.05) is 24.3 Å². The third kappa shape index (κ3) is 4.65. The Kier molecular flexibility index (Phi) is 5.63. The second-order valence-electron chi connectivity index (χ2n) is 5.49. The number of benzene rings is 1. The number of rotatable bonds is 5. The van der Waals surface area contributed by atoms with Gasteiger partial charge in [0.1, 0.15) is 11.8 Å². The van der Waals surface area contributed by atoms with Gasteiger partial charge >= 0.3 is 6.03 Å². The summed E-state index contributed by atoms with van der Waals surface area (Å²) in [5, 5.41) is 7.65. The molecule has 1 atom stereocenters. The van der Waals surface area contributed by atoms with Crippen LogP contribution in [0.3, 0.4) is 0 Å². The summed E-state index contributed by atoms with van der Waals surface area (Å²) in [4.78, 5) is 23.0. The summed E-state index contributed by atoms with van der Waals surface area (Å²) >= 11 is 0. The van der Waals surface area contributed by atoms with Crippen LogP contribution in [0.25, 0.3) is 0 Å². The highest BCUT2D eigenvalue weighted by molar-refractivity contribution is 5.97. The summed E-state index contributed by atoms with van der Waals surface area (Å²) in [5.74, 6) is 0.414. The summed E-state index contributed by atoms with van der Waals surface area (Å²) in [6.07, 6.45) is 4.94. The van der Waals surface area contributed by atoms with Crippen molar-refractivity contribution in [2.75, 3.05) is 12.4 Å². The zero-order chi connectivity index (χ0) is 15.9. The first-order valence-corrected chi connectivity index (χ1v) is 7.64. The monoisotopic (exact) mass is 305 g/mol. The molecule has 1 aliphatic rings. The van der Waals surface area contributed by atoms with Gasteiger partial charge in [-0.3, -0.25) is 10.1 Å². The highest BCUT2D eigenvalue weighted by Crippen LogP contribution is 2.25. The molecule has 3 amide bonds. The lowest BCUT2D eigenvalue weighted by Gasteiger charge is -2.17. The maximum Gasteiger partial charge on any atom is 0.321 e. The molecule has 0 saturated heterocycles. The van der Waals surface area contributed by atoms with Crippen molar-refractivity contribution in [2.24, 2.45) is 0 Å². The molecule has 120 valence electrons. The number of urea groups is 1. The van der Waals surface area contributed by atoms with E-state index in [0.717, 1.165) is 24.3 Å². The SMILES string of the molecule is CNC(=O)NC(=O)[C@H](C)Nc1cccc(OC2CCCC2)c1. The Hall–Kier alpha value is -2.24. The smallest absolute Gasteiger partial charge is 0.321 e. The van der Waals surface area contributed by atoms with E-state index in [0.29, 0.717) is 6.10 Å². The van der Waals surface area contributed by atoms with Crippen LogP contribution in [-0.2, 0) is 4.79 Å². The number of carbonyl (C=O) groups is 2. The molecule has 0 unspecified atom stereocenters. The largest absolute Gasteiger partial charge is 0.490 e. The number of hydrogen-bond donors (Lipinski definition) is 3. The molecule has 6 heteroatoms. The van der Waals surface area contributed by atoms with Crippen LogP contribution in [0.4, 0.5) is 10.5 Å². The third-order valence-electron chi connectivity index (χ3n) is 3.68. The molecule has 0 radical (unpaired) electrons. The van der Waals surface area contributed by atoms with Gasteiger partial charge in [-0.05, 0) is 44.7 Å². The quantitative estimate of drug-likeness (QED) is 0.779. The highest BCUT2D eigenvalue weighted by Gasteiger charge is 2.17. The van der Waals surface area contributed by atoms with Crippen molar-refractivity contribution in [3.8, 4) is 5.75 Å². The molecule has 1 aliphatic carbocycles. The fourth-order valence-electron chi connectivity index (χ4n) is 2.46. The molecule has 0 aromatic heterocycles. The maximum atomic E-state index is 11.8. The number of hydrogen-bond acceptors (Lipinski definition) is 4. The van der Waals surface area contributed by atoms with Crippen LogP contribution < -0.4 is 20.7 Å². The lowest BCUT2D eigenvalue weighted by molar-refractivity contribution is -0.120. The van der Waals surface area contributed by atoms with E-state index in [9.17, 15) is 9.59 Å². The van der Waals surface area contributed by atoms with Gasteiger partial charge in [0, 0.05) is 18.8 Å². The van der Waals surface area contributed by atoms with Crippen molar-refractivity contribution in [1.82, 2.24) is 10.6 Å². The molecule has 3 N–H and O–H groups in total. The molecule has 0 aliphatic heterocycles. The average molecular weight is 305 g/mol. The van der Waals surface area contributed by atoms with Crippen LogP contribution >= 0.6 is 0 Å². The Morgan fingerprint density at radius 2 is 2.00 bits per heavy atom. The van der Waals surface area contributed by atoms with E-state index in [1.165, 1.54) is 19.9 Å². The van der Waals surface area contributed by atoms with E-state index in [-0.39, 0.29) is 5.91 Å². The lowest BCUT2D eigenvalue weighted by atomic mass is 10.2. The Labute approximate surface area is 130 Å². The molecule has 0 heterocycles. The Morgan fingerprint density at radius 1 is 1.27 bits per heavy atom. The van der Waals surface area contributed by atoms with Crippen LogP contribution in [0.2, 0.25) is 0 Å². The van der Waals surface area contributed by atoms with Gasteiger partial charge in [-0.15, -0.1) is 0 Å². The standard InChI is InChI=1S/C16H23N3O3/c1-11(15(20)19-16(21)17-2)18-12-6-5-9-14(10-12)22-13-7-3-4-8-13/h5-6,9-11,13,18H,3-4,7-8H2,1-2H3,(H2,17,19,20,21)/t11-/m0/s1. The molecule has 1 aromatic rings. The number of carbonyl (C=O) groups excluding carboxylic acids is 2. The van der Waals surface area contributed by atoms with Gasteiger partial charge in [0.25, 0.3) is 0 Å². The first-order valence-electron chi connectivity index (χ1n) is 7.64. The summed E-state index contributed by atoms with van der Waals surface area (Å²) in [6, 6.07) is 6.50. The van der Waals surface area contributed by atoms with Gasteiger partial charge in [-0.2, -0.15) is 0 Å². The Balaban J connectivity index is 1.91. The number of nitrogens with one attached hydrogen (secondary N) is 3. The van der Waals surface area contributed by atoms with Gasteiger partial charge in [0.15, 0.2) is 0 Å². The molecule has 1 aromatic carbocycles. The minimum absolute atomic E-state index is 0.296. The topological polar surface area (TPSA) is 79.5 Å². The Morgan fingerprint density at radius 3 is 2.68 bits per heavy atom. The molecular formula is C16H23N3O3. The predicted molar refractivity (Wildman–Crippen MR) is 85.0 cm³/mol. The zero-order valence-corrected chi connectivity index (χ0v) is 13.0. The lowest BCUT2D eigenvalue weighted by Crippen LogP contribution is -2.44. The molecule has 0 spiro atoms. The van der Waals surface area contributed by atoms with Crippen LogP contribution in [-0.4, -0.2) is 31.1 Å². The third-order valence-corrected chi connectivity index (χ3v) is 3.68. The maximum absolute atomic E-state index is 11.8. The molecule has 6 nitrogen and oxygen atoms in total. The second kappa shape index (κ2) is 7.68. The highest BCUT2D eigenvalue weighted by atomic mass is 16.5. The first kappa shape index (κ1) is 16.1. The Bertz CT molecular complexity index is 527. The van der Waals surface area contributed by atoms with E-state index in [1.54, 1.807) is 6.92 Å². The van der Waals surface area contributed by atoms with Gasteiger partial charge in [-0.25, -0.2) is 4.79 Å². The van der Waals surface area contributed by atoms with Crippen LogP contribution in [0.1, 0.15) is 32.6 Å². The predicted octanol–water partition coefficient (Wildman–Crippen LogP) is 2.26. The van der Waals surface area contributed by atoms with E-state index >= 15 is 0 Å². The second-order valence-corrected chi connectivity index (χ2v) is 5.49. The molecule has 2 rings (SSSR count). The summed E-state index contributed by atoms with van der Waals surface area (Å²) in [6.45, 7) is 1.70. The van der Waals surface area contributed by atoms with Crippen LogP contribution in [0.15, 0.2) is 24.3 Å². The molecule has 22 heavy (non-hydrogen) atoms. The molecule has 1 fully saturated rings. The van der Waals surface area contributed by atoms with Crippen molar-refractivity contribution in [3.05, 3.63) is 24.3 Å². The molecule has 0 bridgehead atoms. The summed E-state index contributed by atoms with van der Waals surface area (Å²) in [5.41, 5.74) is 0.787. The van der Waals surface area contributed by atoms with Crippen molar-refractivity contribution < 1.29 is 14.3 Å². The number of anilines is 1. The normalized spacial score (nSPS) is 15.9. The van der Waals surface area contributed by atoms with Crippen molar-refractivity contribution in [3.63, 3.8) is 0 Å². The van der Waals surface area contributed by atoms with Crippen molar-refractivity contribution in [2.45, 2.75) is 44.8 Å². The fourth-order valence-corrected chi connectivity index (χ4v) is 2.46. The van der Waals surface area contributed by atoms with Gasteiger partial charge < -0.3 is 15.4 Å². The van der Waals surface area contributed by atoms with Crippen LogP contribution in [0.5, 0.6) is 5.75 Å². The van der Waals surface area contributed by atoms with Gasteiger partial charge in [0.2, 0.25) is 5.91 Å².